The predicted molar refractivity (Wildman–Crippen MR) is 153 cm³/mol. The molecule has 2 fully saturated rings. The summed E-state index contributed by atoms with van der Waals surface area (Å²) in [4.78, 5) is 29.0. The van der Waals surface area contributed by atoms with Crippen molar-refractivity contribution in [3.05, 3.63) is 132 Å². The molecule has 0 bridgehead atoms. The second-order valence-electron chi connectivity index (χ2n) is 10.5. The van der Waals surface area contributed by atoms with Crippen LogP contribution in [0.4, 0.5) is 0 Å². The Morgan fingerprint density at radius 2 is 1.41 bits per heavy atom. The van der Waals surface area contributed by atoms with Gasteiger partial charge in [-0.15, -0.1) is 11.8 Å². The zero-order chi connectivity index (χ0) is 27.0. The van der Waals surface area contributed by atoms with E-state index < -0.39 is 22.4 Å². The molecule has 0 radical (unpaired) electrons. The number of fused-ring (bicyclic) bond motifs is 1. The molecule has 3 atom stereocenters. The number of β-lactam (4-membered cyclic amide) rings is 1. The van der Waals surface area contributed by atoms with Gasteiger partial charge in [0.1, 0.15) is 23.2 Å². The summed E-state index contributed by atoms with van der Waals surface area (Å²) >= 11 is 1.67. The minimum absolute atomic E-state index is 0.0663. The minimum Gasteiger partial charge on any atom is -0.467 e. The Morgan fingerprint density at radius 3 is 1.90 bits per heavy atom. The summed E-state index contributed by atoms with van der Waals surface area (Å²) in [5.41, 5.74) is 2.37. The Balaban J connectivity index is 1.35. The molecule has 4 aromatic rings. The first-order chi connectivity index (χ1) is 18.9. The van der Waals surface area contributed by atoms with E-state index >= 15 is 0 Å². The predicted octanol–water partition coefficient (Wildman–Crippen LogP) is 4.91. The van der Waals surface area contributed by atoms with Crippen LogP contribution in [-0.4, -0.2) is 38.9 Å². The van der Waals surface area contributed by atoms with Gasteiger partial charge in [0.15, 0.2) is 0 Å². The van der Waals surface area contributed by atoms with Gasteiger partial charge < -0.3 is 14.6 Å². The van der Waals surface area contributed by atoms with Crippen LogP contribution in [-0.2, 0) is 21.7 Å². The van der Waals surface area contributed by atoms with Crippen LogP contribution in [0.5, 0.6) is 0 Å². The van der Waals surface area contributed by atoms with Crippen LogP contribution in [0, 0.1) is 0 Å². The smallest absolute Gasteiger partial charge is 0.244 e. The molecule has 0 aliphatic carbocycles. The second kappa shape index (κ2) is 10.1. The van der Waals surface area contributed by atoms with Crippen LogP contribution < -0.4 is 10.6 Å². The molecule has 7 heteroatoms. The van der Waals surface area contributed by atoms with Crippen molar-refractivity contribution < 1.29 is 14.0 Å². The minimum atomic E-state index is -0.763. The highest BCUT2D eigenvalue weighted by Crippen LogP contribution is 2.52. The van der Waals surface area contributed by atoms with Crippen LogP contribution in [0.25, 0.3) is 0 Å². The summed E-state index contributed by atoms with van der Waals surface area (Å²) in [6.45, 7) is 4.36. The second-order valence-corrected chi connectivity index (χ2v) is 12.3. The van der Waals surface area contributed by atoms with Crippen molar-refractivity contribution in [2.75, 3.05) is 0 Å². The number of hydrogen-bond donors (Lipinski definition) is 2. The van der Waals surface area contributed by atoms with E-state index in [0.717, 1.165) is 16.7 Å². The number of hydrogen-bond acceptors (Lipinski definition) is 5. The van der Waals surface area contributed by atoms with Gasteiger partial charge in [-0.3, -0.25) is 14.9 Å². The Kier molecular flexibility index (Phi) is 6.57. The van der Waals surface area contributed by atoms with E-state index in [1.54, 1.807) is 29.0 Å². The number of amides is 2. The number of nitrogens with one attached hydrogen (secondary N) is 2. The third-order valence-corrected chi connectivity index (χ3v) is 9.27. The van der Waals surface area contributed by atoms with Gasteiger partial charge in [-0.25, -0.2) is 0 Å². The average Bonchev–Trinajstić information content (AvgIpc) is 3.58. The van der Waals surface area contributed by atoms with Gasteiger partial charge >= 0.3 is 0 Å². The lowest BCUT2D eigenvalue weighted by Crippen LogP contribution is -2.73. The van der Waals surface area contributed by atoms with E-state index in [9.17, 15) is 9.59 Å². The lowest BCUT2D eigenvalue weighted by molar-refractivity contribution is -0.154. The van der Waals surface area contributed by atoms with Crippen molar-refractivity contribution in [3.63, 3.8) is 0 Å². The number of carbonyl (C=O) groups is 2. The molecule has 3 heterocycles. The zero-order valence-corrected chi connectivity index (χ0v) is 22.7. The fourth-order valence-electron chi connectivity index (χ4n) is 5.90. The molecule has 6 nitrogen and oxygen atoms in total. The average molecular weight is 538 g/mol. The SMILES string of the molecule is CC1(C)SC2C(NC(c3ccccc3)(c3ccccc3)c3ccccc3)C(=O)N2C1C(=O)NCc1ccco1. The number of rotatable bonds is 8. The lowest BCUT2D eigenvalue weighted by Gasteiger charge is -2.49. The molecular formula is C32H31N3O3S. The monoisotopic (exact) mass is 537 g/mol. The van der Waals surface area contributed by atoms with Crippen molar-refractivity contribution in [1.29, 1.82) is 0 Å². The molecule has 2 aliphatic rings. The summed E-state index contributed by atoms with van der Waals surface area (Å²) in [7, 11) is 0. The van der Waals surface area contributed by atoms with Crippen LogP contribution in [0.15, 0.2) is 114 Å². The summed E-state index contributed by atoms with van der Waals surface area (Å²) in [6, 6.07) is 33.3. The molecular weight excluding hydrogens is 506 g/mol. The number of thioether (sulfide) groups is 1. The van der Waals surface area contributed by atoms with Crippen molar-refractivity contribution in [2.24, 2.45) is 0 Å². The van der Waals surface area contributed by atoms with Crippen LogP contribution in [0.1, 0.15) is 36.3 Å². The Labute approximate surface area is 232 Å². The van der Waals surface area contributed by atoms with Gasteiger partial charge in [-0.1, -0.05) is 91.0 Å². The topological polar surface area (TPSA) is 74.6 Å². The first-order valence-electron chi connectivity index (χ1n) is 13.2. The molecule has 3 aromatic carbocycles. The molecule has 0 saturated carbocycles. The number of carbonyl (C=O) groups excluding carboxylic acids is 2. The van der Waals surface area contributed by atoms with E-state index in [-0.39, 0.29) is 23.7 Å². The first kappa shape index (κ1) is 25.5. The normalized spacial score (nSPS) is 21.7. The van der Waals surface area contributed by atoms with Crippen molar-refractivity contribution in [1.82, 2.24) is 15.5 Å². The molecule has 39 heavy (non-hydrogen) atoms. The summed E-state index contributed by atoms with van der Waals surface area (Å²) in [6.07, 6.45) is 1.58. The zero-order valence-electron chi connectivity index (χ0n) is 21.9. The van der Waals surface area contributed by atoms with Gasteiger partial charge in [0, 0.05) is 4.75 Å². The third-order valence-electron chi connectivity index (χ3n) is 7.70. The fraction of sp³-hybridized carbons (Fsp3) is 0.250. The Bertz CT molecular complexity index is 1350. The van der Waals surface area contributed by atoms with Gasteiger partial charge in [0.25, 0.3) is 0 Å². The van der Waals surface area contributed by atoms with E-state index in [2.05, 4.69) is 47.0 Å². The maximum atomic E-state index is 13.9. The molecule has 2 aliphatic heterocycles. The Hall–Kier alpha value is -3.81. The van der Waals surface area contributed by atoms with Gasteiger partial charge in [-0.05, 0) is 42.7 Å². The van der Waals surface area contributed by atoms with E-state index in [1.807, 2.05) is 74.5 Å². The highest BCUT2D eigenvalue weighted by atomic mass is 32.2. The number of nitrogens with zero attached hydrogens (tertiary/aromatic N) is 1. The fourth-order valence-corrected chi connectivity index (χ4v) is 7.53. The largest absolute Gasteiger partial charge is 0.467 e. The molecule has 0 spiro atoms. The molecule has 6 rings (SSSR count). The first-order valence-corrected chi connectivity index (χ1v) is 14.0. The highest BCUT2D eigenvalue weighted by molar-refractivity contribution is 8.01. The third kappa shape index (κ3) is 4.36. The quantitative estimate of drug-likeness (QED) is 0.247. The molecule has 1 aromatic heterocycles. The van der Waals surface area contributed by atoms with Crippen molar-refractivity contribution >= 4 is 23.6 Å². The van der Waals surface area contributed by atoms with Crippen LogP contribution in [0.3, 0.4) is 0 Å². The molecule has 3 unspecified atom stereocenters. The van der Waals surface area contributed by atoms with Gasteiger partial charge in [-0.2, -0.15) is 0 Å². The summed E-state index contributed by atoms with van der Waals surface area (Å²) in [5.74, 6) is 0.443. The lowest BCUT2D eigenvalue weighted by atomic mass is 9.76. The maximum Gasteiger partial charge on any atom is 0.244 e. The molecule has 2 N–H and O–H groups in total. The molecule has 198 valence electrons. The van der Waals surface area contributed by atoms with Gasteiger partial charge in [0.2, 0.25) is 11.8 Å². The summed E-state index contributed by atoms with van der Waals surface area (Å²) in [5, 5.41) is 6.62. The maximum absolute atomic E-state index is 13.9. The van der Waals surface area contributed by atoms with E-state index in [1.165, 1.54) is 0 Å². The van der Waals surface area contributed by atoms with Gasteiger partial charge in [0.05, 0.1) is 18.3 Å². The van der Waals surface area contributed by atoms with Crippen LogP contribution in [0.2, 0.25) is 0 Å². The number of benzene rings is 3. The highest BCUT2D eigenvalue weighted by Gasteiger charge is 2.64. The molecule has 2 amide bonds. The standard InChI is InChI=1S/C32H31N3O3S/c1-31(2)27(28(36)33-21-25-19-12-20-38-25)35-29(37)26(30(35)39-31)34-32(22-13-6-3-7-14-22,23-15-8-4-9-16-23)24-17-10-5-11-18-24/h3-20,26-27,30,34H,21H2,1-2H3,(H,33,36). The Morgan fingerprint density at radius 1 is 0.872 bits per heavy atom. The van der Waals surface area contributed by atoms with Crippen molar-refractivity contribution in [2.45, 2.75) is 48.1 Å². The number of furan rings is 1. The summed E-state index contributed by atoms with van der Waals surface area (Å²) < 4.78 is 4.91. The van der Waals surface area contributed by atoms with E-state index in [4.69, 9.17) is 4.42 Å². The van der Waals surface area contributed by atoms with Crippen LogP contribution >= 0.6 is 11.8 Å². The van der Waals surface area contributed by atoms with Crippen molar-refractivity contribution in [3.8, 4) is 0 Å². The van der Waals surface area contributed by atoms with E-state index in [0.29, 0.717) is 5.76 Å². The molecule has 2 saturated heterocycles.